The summed E-state index contributed by atoms with van der Waals surface area (Å²) in [7, 11) is 2.00. The second kappa shape index (κ2) is 10.9. The molecule has 164 valence electrons. The topological polar surface area (TPSA) is 97.1 Å². The molecule has 0 aliphatic heterocycles. The molecule has 31 heavy (non-hydrogen) atoms. The van der Waals surface area contributed by atoms with E-state index in [9.17, 15) is 14.9 Å². The molecule has 0 unspecified atom stereocenters. The van der Waals surface area contributed by atoms with Crippen molar-refractivity contribution < 1.29 is 14.5 Å². The van der Waals surface area contributed by atoms with Crippen molar-refractivity contribution in [2.75, 3.05) is 18.6 Å². The maximum absolute atomic E-state index is 12.1. The lowest BCUT2D eigenvalue weighted by atomic mass is 9.94. The fourth-order valence-corrected chi connectivity index (χ4v) is 4.06. The number of carbonyl (C=O) groups is 1. The Morgan fingerprint density at radius 2 is 2.03 bits per heavy atom. The van der Waals surface area contributed by atoms with Gasteiger partial charge in [-0.2, -0.15) is 5.10 Å². The monoisotopic (exact) mass is 488 g/mol. The fraction of sp³-hybridized carbons (Fsp3) is 0.364. The molecular formula is C22H25BrN4O4. The molecule has 2 aromatic rings. The summed E-state index contributed by atoms with van der Waals surface area (Å²) in [4.78, 5) is 25.0. The standard InChI is InChI=1S/C22H25BrN4O4/c1-26(17-7-3-2-4-8-17)20-12-11-18(27(29)30)13-16(20)14-24-25-22(28)15-31-21-10-6-5-9-19(21)23/h5-6,9-14,17H,2-4,7-8,15H2,1H3,(H,25,28). The van der Waals surface area contributed by atoms with Gasteiger partial charge in [0.05, 0.1) is 15.6 Å². The van der Waals surface area contributed by atoms with E-state index in [0.29, 0.717) is 17.4 Å². The Morgan fingerprint density at radius 1 is 1.29 bits per heavy atom. The van der Waals surface area contributed by atoms with Crippen LogP contribution < -0.4 is 15.1 Å². The Kier molecular flexibility index (Phi) is 8.00. The summed E-state index contributed by atoms with van der Waals surface area (Å²) in [5, 5.41) is 15.2. The van der Waals surface area contributed by atoms with Gasteiger partial charge in [0.2, 0.25) is 0 Å². The molecule has 0 heterocycles. The normalized spacial score (nSPS) is 14.4. The molecule has 8 nitrogen and oxygen atoms in total. The third-order valence-corrected chi connectivity index (χ3v) is 5.97. The van der Waals surface area contributed by atoms with Crippen molar-refractivity contribution in [3.8, 4) is 5.75 Å². The number of hydrogen-bond donors (Lipinski definition) is 1. The lowest BCUT2D eigenvalue weighted by Crippen LogP contribution is -2.34. The van der Waals surface area contributed by atoms with Gasteiger partial charge in [0.25, 0.3) is 11.6 Å². The smallest absolute Gasteiger partial charge is 0.277 e. The molecule has 1 amide bonds. The first-order valence-corrected chi connectivity index (χ1v) is 11.0. The van der Waals surface area contributed by atoms with E-state index in [1.807, 2.05) is 25.2 Å². The number of rotatable bonds is 8. The van der Waals surface area contributed by atoms with Gasteiger partial charge in [-0.05, 0) is 47.0 Å². The van der Waals surface area contributed by atoms with Crippen LogP contribution in [0.3, 0.4) is 0 Å². The number of nitrogens with zero attached hydrogens (tertiary/aromatic N) is 3. The SMILES string of the molecule is CN(c1ccc([N+](=O)[O-])cc1C=NNC(=O)COc1ccccc1Br)C1CCCCC1. The number of non-ortho nitro benzene ring substituents is 1. The van der Waals surface area contributed by atoms with Crippen LogP contribution in [-0.2, 0) is 4.79 Å². The van der Waals surface area contributed by atoms with Crippen molar-refractivity contribution in [1.82, 2.24) is 5.43 Å². The minimum atomic E-state index is -0.439. The van der Waals surface area contributed by atoms with Crippen molar-refractivity contribution in [1.29, 1.82) is 0 Å². The molecule has 2 aromatic carbocycles. The number of anilines is 1. The number of ether oxygens (including phenoxy) is 1. The summed E-state index contributed by atoms with van der Waals surface area (Å²) >= 11 is 3.36. The third kappa shape index (κ3) is 6.27. The lowest BCUT2D eigenvalue weighted by Gasteiger charge is -2.33. The van der Waals surface area contributed by atoms with Gasteiger partial charge >= 0.3 is 0 Å². The molecule has 0 bridgehead atoms. The predicted octanol–water partition coefficient (Wildman–Crippen LogP) is 4.66. The molecule has 1 aliphatic carbocycles. The zero-order chi connectivity index (χ0) is 22.2. The van der Waals surface area contributed by atoms with E-state index in [4.69, 9.17) is 4.74 Å². The Hall–Kier alpha value is -2.94. The van der Waals surface area contributed by atoms with Gasteiger partial charge in [-0.1, -0.05) is 31.4 Å². The van der Waals surface area contributed by atoms with Crippen molar-refractivity contribution in [3.63, 3.8) is 0 Å². The molecule has 3 rings (SSSR count). The van der Waals surface area contributed by atoms with Gasteiger partial charge in [-0.3, -0.25) is 14.9 Å². The molecule has 0 aromatic heterocycles. The predicted molar refractivity (Wildman–Crippen MR) is 124 cm³/mol. The van der Waals surface area contributed by atoms with Gasteiger partial charge in [0.1, 0.15) is 5.75 Å². The quantitative estimate of drug-likeness (QED) is 0.331. The van der Waals surface area contributed by atoms with E-state index in [-0.39, 0.29) is 12.3 Å². The minimum Gasteiger partial charge on any atom is -0.483 e. The number of hydrogen-bond acceptors (Lipinski definition) is 6. The lowest BCUT2D eigenvalue weighted by molar-refractivity contribution is -0.384. The first-order valence-electron chi connectivity index (χ1n) is 10.2. The number of benzene rings is 2. The number of carbonyl (C=O) groups excluding carboxylic acids is 1. The Morgan fingerprint density at radius 3 is 2.74 bits per heavy atom. The summed E-state index contributed by atoms with van der Waals surface area (Å²) in [6, 6.07) is 12.3. The van der Waals surface area contributed by atoms with E-state index in [1.54, 1.807) is 12.1 Å². The summed E-state index contributed by atoms with van der Waals surface area (Å²) in [6.45, 7) is -0.205. The van der Waals surface area contributed by atoms with Crippen LogP contribution in [0.1, 0.15) is 37.7 Å². The van der Waals surface area contributed by atoms with Gasteiger partial charge < -0.3 is 9.64 Å². The number of amides is 1. The van der Waals surface area contributed by atoms with E-state index >= 15 is 0 Å². The van der Waals surface area contributed by atoms with Crippen LogP contribution in [0.2, 0.25) is 0 Å². The second-order valence-corrected chi connectivity index (χ2v) is 8.27. The van der Waals surface area contributed by atoms with Crippen LogP contribution >= 0.6 is 15.9 Å². The molecular weight excluding hydrogens is 464 g/mol. The number of nitrogens with one attached hydrogen (secondary N) is 1. The third-order valence-electron chi connectivity index (χ3n) is 5.31. The Bertz CT molecular complexity index is 960. The summed E-state index contributed by atoms with van der Waals surface area (Å²) in [6.07, 6.45) is 7.23. The van der Waals surface area contributed by atoms with E-state index in [1.165, 1.54) is 37.6 Å². The highest BCUT2D eigenvalue weighted by Gasteiger charge is 2.21. The largest absolute Gasteiger partial charge is 0.483 e. The van der Waals surface area contributed by atoms with Crippen LogP contribution in [-0.4, -0.2) is 36.7 Å². The van der Waals surface area contributed by atoms with Crippen LogP contribution in [0.15, 0.2) is 52.0 Å². The molecule has 0 radical (unpaired) electrons. The summed E-state index contributed by atoms with van der Waals surface area (Å²) < 4.78 is 6.21. The molecule has 0 saturated heterocycles. The molecule has 1 aliphatic rings. The van der Waals surface area contributed by atoms with Crippen molar-refractivity contribution in [3.05, 3.63) is 62.6 Å². The molecule has 0 atom stereocenters. The molecule has 1 fully saturated rings. The van der Waals surface area contributed by atoms with Crippen LogP contribution in [0.4, 0.5) is 11.4 Å². The van der Waals surface area contributed by atoms with E-state index in [0.717, 1.165) is 23.0 Å². The zero-order valence-electron chi connectivity index (χ0n) is 17.3. The van der Waals surface area contributed by atoms with E-state index in [2.05, 4.69) is 31.4 Å². The number of hydrazone groups is 1. The maximum atomic E-state index is 12.1. The first-order chi connectivity index (χ1) is 15.0. The fourth-order valence-electron chi connectivity index (χ4n) is 3.66. The van der Waals surface area contributed by atoms with Gasteiger partial charge in [0.15, 0.2) is 6.61 Å². The van der Waals surface area contributed by atoms with Gasteiger partial charge in [-0.25, -0.2) is 5.43 Å². The van der Waals surface area contributed by atoms with Crippen LogP contribution in [0.25, 0.3) is 0 Å². The van der Waals surface area contributed by atoms with Crippen molar-refractivity contribution in [2.24, 2.45) is 5.10 Å². The minimum absolute atomic E-state index is 0.0224. The van der Waals surface area contributed by atoms with E-state index < -0.39 is 10.8 Å². The summed E-state index contributed by atoms with van der Waals surface area (Å²) in [5.74, 6) is 0.122. The highest BCUT2D eigenvalue weighted by atomic mass is 79.9. The molecule has 9 heteroatoms. The maximum Gasteiger partial charge on any atom is 0.277 e. The van der Waals surface area contributed by atoms with Crippen LogP contribution in [0.5, 0.6) is 5.75 Å². The number of nitro groups is 1. The molecule has 0 spiro atoms. The van der Waals surface area contributed by atoms with Gasteiger partial charge in [-0.15, -0.1) is 0 Å². The first kappa shape index (κ1) is 22.7. The molecule has 1 saturated carbocycles. The average Bonchev–Trinajstić information content (AvgIpc) is 2.78. The zero-order valence-corrected chi connectivity index (χ0v) is 18.9. The van der Waals surface area contributed by atoms with Crippen molar-refractivity contribution >= 4 is 39.4 Å². The number of para-hydroxylation sites is 1. The summed E-state index contributed by atoms with van der Waals surface area (Å²) in [5.41, 5.74) is 3.82. The van der Waals surface area contributed by atoms with Crippen LogP contribution in [0, 0.1) is 10.1 Å². The highest BCUT2D eigenvalue weighted by Crippen LogP contribution is 2.30. The molecule has 1 N–H and O–H groups in total. The second-order valence-electron chi connectivity index (χ2n) is 7.42. The number of halogens is 1. The Labute approximate surface area is 189 Å². The van der Waals surface area contributed by atoms with Crippen molar-refractivity contribution in [2.45, 2.75) is 38.1 Å². The average molecular weight is 489 g/mol. The number of nitro benzene ring substituents is 1. The highest BCUT2D eigenvalue weighted by molar-refractivity contribution is 9.10. The Balaban J connectivity index is 1.68. The van der Waals surface area contributed by atoms with Gasteiger partial charge in [0, 0.05) is 36.5 Å².